The lowest BCUT2D eigenvalue weighted by Crippen LogP contribution is -2.59. The SMILES string of the molecule is CSc1nc(NN)c(C#N)c(N2CC3(CCc4sc(N)c(C#N)c43)C2)n1. The van der Waals surface area contributed by atoms with Crippen LogP contribution < -0.4 is 21.9 Å². The number of fused-ring (bicyclic) bond motifs is 2. The van der Waals surface area contributed by atoms with E-state index in [0.29, 0.717) is 46.0 Å². The van der Waals surface area contributed by atoms with Gasteiger partial charge < -0.3 is 16.1 Å². The molecule has 1 fully saturated rings. The molecule has 1 spiro atoms. The summed E-state index contributed by atoms with van der Waals surface area (Å²) in [4.78, 5) is 12.0. The molecule has 2 aromatic heterocycles. The molecule has 0 unspecified atom stereocenters. The van der Waals surface area contributed by atoms with Gasteiger partial charge in [-0.1, -0.05) is 11.8 Å². The largest absolute Gasteiger partial charge is 0.389 e. The molecular formula is C16H16N8S2. The second-order valence-electron chi connectivity index (χ2n) is 6.40. The lowest BCUT2D eigenvalue weighted by atomic mass is 9.74. The van der Waals surface area contributed by atoms with Crippen LogP contribution in [0.1, 0.15) is 28.0 Å². The Morgan fingerprint density at radius 3 is 2.62 bits per heavy atom. The average Bonchev–Trinajstić information content (AvgIpc) is 3.14. The molecule has 0 amide bonds. The number of thioether (sulfide) groups is 1. The fraction of sp³-hybridized carbons (Fsp3) is 0.375. The predicted molar refractivity (Wildman–Crippen MR) is 102 cm³/mol. The van der Waals surface area contributed by atoms with Crippen molar-refractivity contribution in [2.24, 2.45) is 5.84 Å². The molecule has 1 aliphatic heterocycles. The van der Waals surface area contributed by atoms with Crippen molar-refractivity contribution in [1.29, 1.82) is 10.5 Å². The molecule has 1 aliphatic carbocycles. The molecule has 26 heavy (non-hydrogen) atoms. The zero-order valence-electron chi connectivity index (χ0n) is 14.0. The van der Waals surface area contributed by atoms with E-state index in [1.54, 1.807) is 0 Å². The Bertz CT molecular complexity index is 978. The van der Waals surface area contributed by atoms with Gasteiger partial charge in [-0.25, -0.2) is 15.8 Å². The molecule has 0 saturated carbocycles. The van der Waals surface area contributed by atoms with E-state index >= 15 is 0 Å². The van der Waals surface area contributed by atoms with Crippen molar-refractivity contribution in [3.63, 3.8) is 0 Å². The van der Waals surface area contributed by atoms with Crippen molar-refractivity contribution in [2.75, 3.05) is 35.4 Å². The van der Waals surface area contributed by atoms with Gasteiger partial charge in [0.1, 0.15) is 22.7 Å². The molecule has 8 nitrogen and oxygen atoms in total. The number of nitrogens with two attached hydrogens (primary N) is 2. The lowest BCUT2D eigenvalue weighted by Gasteiger charge is -2.49. The number of nitrogens with one attached hydrogen (secondary N) is 1. The minimum atomic E-state index is -0.0813. The standard InChI is InChI=1S/C16H16N8S2/c1-25-15-21-13(23-20)9(5-18)14(22-15)24-6-16(7-24)3-2-10-11(16)8(4-17)12(19)26-10/h2-3,6-7,19-20H2,1H3,(H,21,22,23). The highest BCUT2D eigenvalue weighted by molar-refractivity contribution is 7.98. The minimum absolute atomic E-state index is 0.0813. The van der Waals surface area contributed by atoms with E-state index in [0.717, 1.165) is 18.4 Å². The van der Waals surface area contributed by atoms with Crippen LogP contribution in [0, 0.1) is 22.7 Å². The molecule has 0 radical (unpaired) electrons. The number of nitrogen functional groups attached to an aromatic ring is 2. The van der Waals surface area contributed by atoms with E-state index in [4.69, 9.17) is 11.6 Å². The van der Waals surface area contributed by atoms with Gasteiger partial charge in [0.15, 0.2) is 16.8 Å². The summed E-state index contributed by atoms with van der Waals surface area (Å²) in [5, 5.41) is 20.2. The Kier molecular flexibility index (Phi) is 3.92. The molecule has 2 aromatic rings. The van der Waals surface area contributed by atoms with Crippen molar-refractivity contribution in [3.05, 3.63) is 21.6 Å². The van der Waals surface area contributed by atoms with E-state index in [1.165, 1.54) is 28.0 Å². The first-order chi connectivity index (χ1) is 12.6. The Balaban J connectivity index is 1.71. The summed E-state index contributed by atoms with van der Waals surface area (Å²) < 4.78 is 0. The highest BCUT2D eigenvalue weighted by Crippen LogP contribution is 2.52. The first kappa shape index (κ1) is 16.9. The zero-order valence-corrected chi connectivity index (χ0v) is 15.7. The minimum Gasteiger partial charge on any atom is -0.389 e. The monoisotopic (exact) mass is 384 g/mol. The lowest BCUT2D eigenvalue weighted by molar-refractivity contribution is 0.326. The molecule has 132 valence electrons. The first-order valence-corrected chi connectivity index (χ1v) is 10.0. The second-order valence-corrected chi connectivity index (χ2v) is 8.31. The number of hydrogen-bond acceptors (Lipinski definition) is 10. The molecule has 1 saturated heterocycles. The molecule has 0 bridgehead atoms. The van der Waals surface area contributed by atoms with Gasteiger partial charge in [-0.05, 0) is 24.7 Å². The number of anilines is 3. The smallest absolute Gasteiger partial charge is 0.191 e. The van der Waals surface area contributed by atoms with Crippen molar-refractivity contribution < 1.29 is 0 Å². The van der Waals surface area contributed by atoms with E-state index in [-0.39, 0.29) is 5.41 Å². The van der Waals surface area contributed by atoms with Crippen LogP contribution in [-0.4, -0.2) is 29.3 Å². The normalized spacial score (nSPS) is 16.7. The molecular weight excluding hydrogens is 368 g/mol. The maximum Gasteiger partial charge on any atom is 0.191 e. The summed E-state index contributed by atoms with van der Waals surface area (Å²) in [6.07, 6.45) is 3.81. The molecule has 2 aliphatic rings. The van der Waals surface area contributed by atoms with Gasteiger partial charge in [-0.2, -0.15) is 10.5 Å². The maximum atomic E-state index is 9.55. The summed E-state index contributed by atoms with van der Waals surface area (Å²) in [7, 11) is 0. The Morgan fingerprint density at radius 2 is 2.00 bits per heavy atom. The van der Waals surface area contributed by atoms with Crippen LogP contribution in [0.2, 0.25) is 0 Å². The molecule has 5 N–H and O–H groups in total. The van der Waals surface area contributed by atoms with Gasteiger partial charge in [0.25, 0.3) is 0 Å². The quantitative estimate of drug-likeness (QED) is 0.311. The summed E-state index contributed by atoms with van der Waals surface area (Å²) in [6, 6.07) is 4.42. The molecule has 0 atom stereocenters. The topological polar surface area (TPSA) is 141 Å². The van der Waals surface area contributed by atoms with Crippen molar-refractivity contribution in [1.82, 2.24) is 9.97 Å². The number of hydrogen-bond donors (Lipinski definition) is 3. The van der Waals surface area contributed by atoms with Crippen LogP contribution in [-0.2, 0) is 11.8 Å². The van der Waals surface area contributed by atoms with Gasteiger partial charge >= 0.3 is 0 Å². The van der Waals surface area contributed by atoms with Gasteiger partial charge in [0, 0.05) is 23.4 Å². The molecule has 10 heteroatoms. The third kappa shape index (κ3) is 2.23. The number of rotatable bonds is 3. The number of aromatic nitrogens is 2. The number of thiophene rings is 1. The van der Waals surface area contributed by atoms with Crippen molar-refractivity contribution in [2.45, 2.75) is 23.4 Å². The van der Waals surface area contributed by atoms with Crippen LogP contribution in [0.4, 0.5) is 16.6 Å². The zero-order chi connectivity index (χ0) is 18.5. The summed E-state index contributed by atoms with van der Waals surface area (Å²) in [6.45, 7) is 1.41. The molecule has 3 heterocycles. The van der Waals surface area contributed by atoms with Crippen LogP contribution in [0.3, 0.4) is 0 Å². The second kappa shape index (κ2) is 6.02. The van der Waals surface area contributed by atoms with Gasteiger partial charge in [0.05, 0.1) is 5.56 Å². The van der Waals surface area contributed by atoms with Crippen LogP contribution in [0.15, 0.2) is 5.16 Å². The third-order valence-corrected chi connectivity index (χ3v) is 6.69. The van der Waals surface area contributed by atoms with E-state index in [9.17, 15) is 10.5 Å². The first-order valence-electron chi connectivity index (χ1n) is 7.96. The number of hydrazine groups is 1. The number of aryl methyl sites for hydroxylation is 1. The number of nitriles is 2. The van der Waals surface area contributed by atoms with Crippen LogP contribution >= 0.6 is 23.1 Å². The Hall–Kier alpha value is -2.53. The molecule has 4 rings (SSSR count). The maximum absolute atomic E-state index is 9.55. The highest BCUT2D eigenvalue weighted by Gasteiger charge is 2.52. The van der Waals surface area contributed by atoms with Crippen molar-refractivity contribution in [3.8, 4) is 12.1 Å². The fourth-order valence-electron chi connectivity index (χ4n) is 3.93. The van der Waals surface area contributed by atoms with E-state index in [1.807, 2.05) is 6.26 Å². The van der Waals surface area contributed by atoms with Crippen molar-refractivity contribution >= 4 is 39.7 Å². The van der Waals surface area contributed by atoms with Crippen LogP contribution in [0.5, 0.6) is 0 Å². The summed E-state index contributed by atoms with van der Waals surface area (Å²) >= 11 is 2.92. The van der Waals surface area contributed by atoms with Gasteiger partial charge in [0.2, 0.25) is 0 Å². The molecule has 0 aromatic carbocycles. The van der Waals surface area contributed by atoms with Crippen LogP contribution in [0.25, 0.3) is 0 Å². The summed E-state index contributed by atoms with van der Waals surface area (Å²) in [5.41, 5.74) is 10.5. The van der Waals surface area contributed by atoms with E-state index in [2.05, 4.69) is 32.4 Å². The third-order valence-electron chi connectivity index (χ3n) is 5.07. The number of nitrogens with zero attached hydrogens (tertiary/aromatic N) is 5. The fourth-order valence-corrected chi connectivity index (χ4v) is 5.43. The summed E-state index contributed by atoms with van der Waals surface area (Å²) in [5.74, 6) is 6.44. The highest BCUT2D eigenvalue weighted by atomic mass is 32.2. The van der Waals surface area contributed by atoms with Gasteiger partial charge in [-0.15, -0.1) is 11.3 Å². The van der Waals surface area contributed by atoms with E-state index < -0.39 is 0 Å². The Labute approximate surface area is 158 Å². The average molecular weight is 384 g/mol. The van der Waals surface area contributed by atoms with Gasteiger partial charge in [-0.3, -0.25) is 0 Å². The Morgan fingerprint density at radius 1 is 1.27 bits per heavy atom. The predicted octanol–water partition coefficient (Wildman–Crippen LogP) is 1.58.